The summed E-state index contributed by atoms with van der Waals surface area (Å²) in [6.07, 6.45) is 1.55. The Morgan fingerprint density at radius 2 is 2.25 bits per heavy atom. The Balaban J connectivity index is 2.32. The normalized spacial score (nSPS) is 27.6. The molecule has 12 heavy (non-hydrogen) atoms. The number of aliphatic hydroxyl groups excluding tert-OH is 1. The van der Waals surface area contributed by atoms with Gasteiger partial charge in [-0.2, -0.15) is 0 Å². The molecule has 4 nitrogen and oxygen atoms in total. The van der Waals surface area contributed by atoms with Gasteiger partial charge in [-0.25, -0.2) is 8.42 Å². The zero-order valence-electron chi connectivity index (χ0n) is 6.99. The molecule has 1 atom stereocenters. The molecule has 1 rings (SSSR count). The van der Waals surface area contributed by atoms with Gasteiger partial charge in [-0.15, -0.1) is 0 Å². The van der Waals surface area contributed by atoms with Crippen LogP contribution in [0.1, 0.15) is 12.8 Å². The number of nitrogens with one attached hydrogen (secondary N) is 1. The van der Waals surface area contributed by atoms with Gasteiger partial charge in [-0.05, 0) is 12.8 Å². The summed E-state index contributed by atoms with van der Waals surface area (Å²) in [5, 5.41) is 11.1. The lowest BCUT2D eigenvalue weighted by Gasteiger charge is -2.08. The van der Waals surface area contributed by atoms with Crippen LogP contribution >= 0.6 is 0 Å². The second-order valence-corrected chi connectivity index (χ2v) is 5.46. The van der Waals surface area contributed by atoms with Crippen molar-refractivity contribution in [1.29, 1.82) is 0 Å². The first kappa shape index (κ1) is 9.95. The minimum absolute atomic E-state index is 0.0623. The van der Waals surface area contributed by atoms with Gasteiger partial charge in [0.05, 0.1) is 17.6 Å². The predicted octanol–water partition coefficient (Wildman–Crippen LogP) is -0.854. The molecule has 0 amide bonds. The fourth-order valence-electron chi connectivity index (χ4n) is 1.43. The molecule has 0 saturated carbocycles. The van der Waals surface area contributed by atoms with Crippen LogP contribution in [-0.4, -0.2) is 44.2 Å². The fourth-order valence-corrected chi connectivity index (χ4v) is 3.23. The minimum atomic E-state index is -2.81. The van der Waals surface area contributed by atoms with Crippen LogP contribution < -0.4 is 5.32 Å². The van der Waals surface area contributed by atoms with Crippen LogP contribution in [0, 0.1) is 0 Å². The topological polar surface area (TPSA) is 66.4 Å². The van der Waals surface area contributed by atoms with Gasteiger partial charge in [0.1, 0.15) is 0 Å². The summed E-state index contributed by atoms with van der Waals surface area (Å²) in [5.41, 5.74) is 0. The summed E-state index contributed by atoms with van der Waals surface area (Å²) in [6.45, 7) is 1.03. The molecule has 0 bridgehead atoms. The smallest absolute Gasteiger partial charge is 0.154 e. The van der Waals surface area contributed by atoms with Gasteiger partial charge in [-0.1, -0.05) is 0 Å². The molecule has 72 valence electrons. The van der Waals surface area contributed by atoms with Crippen molar-refractivity contribution in [3.63, 3.8) is 0 Å². The molecule has 1 aliphatic rings. The molecule has 1 fully saturated rings. The highest BCUT2D eigenvalue weighted by Gasteiger charge is 2.30. The number of sulfone groups is 1. The van der Waals surface area contributed by atoms with E-state index in [0.29, 0.717) is 18.8 Å². The van der Waals surface area contributed by atoms with E-state index in [9.17, 15) is 8.42 Å². The quantitative estimate of drug-likeness (QED) is 0.570. The van der Waals surface area contributed by atoms with Gasteiger partial charge in [-0.3, -0.25) is 0 Å². The molecule has 0 spiro atoms. The zero-order chi connectivity index (χ0) is 9.03. The van der Waals surface area contributed by atoms with E-state index in [-0.39, 0.29) is 11.9 Å². The van der Waals surface area contributed by atoms with Crippen LogP contribution in [0.4, 0.5) is 0 Å². The van der Waals surface area contributed by atoms with Crippen LogP contribution in [-0.2, 0) is 9.84 Å². The first-order chi connectivity index (χ1) is 5.67. The van der Waals surface area contributed by atoms with Crippen molar-refractivity contribution in [2.24, 2.45) is 0 Å². The lowest BCUT2D eigenvalue weighted by atomic mass is 10.2. The van der Waals surface area contributed by atoms with Crippen LogP contribution in [0.15, 0.2) is 0 Å². The Morgan fingerprint density at radius 1 is 1.50 bits per heavy atom. The molecular formula is C7H15NO3S. The van der Waals surface area contributed by atoms with Crippen molar-refractivity contribution >= 4 is 9.84 Å². The molecule has 1 saturated heterocycles. The Hall–Kier alpha value is -0.130. The van der Waals surface area contributed by atoms with Crippen molar-refractivity contribution in [1.82, 2.24) is 5.32 Å². The first-order valence-electron chi connectivity index (χ1n) is 4.20. The predicted molar refractivity (Wildman–Crippen MR) is 46.8 cm³/mol. The molecule has 0 aromatic carbocycles. The lowest BCUT2D eigenvalue weighted by Crippen LogP contribution is -2.32. The van der Waals surface area contributed by atoms with Gasteiger partial charge < -0.3 is 10.4 Å². The standard InChI is InChI=1S/C7H15NO3S/c9-4-3-8-6-7-2-1-5-12(7,10)11/h7-9H,1-6H2. The van der Waals surface area contributed by atoms with Crippen LogP contribution in [0.5, 0.6) is 0 Å². The van der Waals surface area contributed by atoms with Crippen molar-refractivity contribution < 1.29 is 13.5 Å². The lowest BCUT2D eigenvalue weighted by molar-refractivity contribution is 0.292. The van der Waals surface area contributed by atoms with Gasteiger partial charge in [0, 0.05) is 13.1 Å². The Kier molecular flexibility index (Phi) is 3.49. The van der Waals surface area contributed by atoms with E-state index in [1.165, 1.54) is 0 Å². The summed E-state index contributed by atoms with van der Waals surface area (Å²) in [7, 11) is -2.81. The third-order valence-corrected chi connectivity index (χ3v) is 4.40. The largest absolute Gasteiger partial charge is 0.395 e. The van der Waals surface area contributed by atoms with E-state index < -0.39 is 9.84 Å². The highest BCUT2D eigenvalue weighted by molar-refractivity contribution is 7.92. The average Bonchev–Trinajstić information content (AvgIpc) is 2.32. The highest BCUT2D eigenvalue weighted by Crippen LogP contribution is 2.18. The van der Waals surface area contributed by atoms with Gasteiger partial charge in [0.15, 0.2) is 9.84 Å². The molecule has 0 aromatic rings. The Bertz CT molecular complexity index is 225. The average molecular weight is 193 g/mol. The maximum absolute atomic E-state index is 11.3. The van der Waals surface area contributed by atoms with Gasteiger partial charge in [0.25, 0.3) is 0 Å². The SMILES string of the molecule is O=S1(=O)CCCC1CNCCO. The molecule has 2 N–H and O–H groups in total. The molecule has 0 radical (unpaired) electrons. The van der Waals surface area contributed by atoms with E-state index in [0.717, 1.165) is 12.8 Å². The van der Waals surface area contributed by atoms with E-state index in [1.54, 1.807) is 0 Å². The molecule has 1 heterocycles. The second kappa shape index (κ2) is 4.20. The van der Waals surface area contributed by atoms with Crippen molar-refractivity contribution in [2.75, 3.05) is 25.4 Å². The zero-order valence-corrected chi connectivity index (χ0v) is 7.81. The fraction of sp³-hybridized carbons (Fsp3) is 1.00. The maximum atomic E-state index is 11.3. The summed E-state index contributed by atoms with van der Waals surface area (Å²) < 4.78 is 22.5. The van der Waals surface area contributed by atoms with E-state index in [1.807, 2.05) is 0 Å². The molecule has 1 unspecified atom stereocenters. The van der Waals surface area contributed by atoms with Crippen LogP contribution in [0.2, 0.25) is 0 Å². The second-order valence-electron chi connectivity index (χ2n) is 3.06. The number of aliphatic hydroxyl groups is 1. The Labute approximate surface area is 72.9 Å². The molecule has 1 aliphatic heterocycles. The summed E-state index contributed by atoms with van der Waals surface area (Å²) >= 11 is 0. The summed E-state index contributed by atoms with van der Waals surface area (Å²) in [5.74, 6) is 0.332. The third-order valence-electron chi connectivity index (χ3n) is 2.12. The third kappa shape index (κ3) is 2.43. The molecule has 0 aromatic heterocycles. The first-order valence-corrected chi connectivity index (χ1v) is 5.91. The monoisotopic (exact) mass is 193 g/mol. The van der Waals surface area contributed by atoms with Crippen molar-refractivity contribution in [3.05, 3.63) is 0 Å². The maximum Gasteiger partial charge on any atom is 0.154 e. The number of hydrogen-bond acceptors (Lipinski definition) is 4. The van der Waals surface area contributed by atoms with Crippen molar-refractivity contribution in [2.45, 2.75) is 18.1 Å². The molecule has 5 heteroatoms. The van der Waals surface area contributed by atoms with E-state index >= 15 is 0 Å². The number of rotatable bonds is 4. The van der Waals surface area contributed by atoms with Crippen LogP contribution in [0.25, 0.3) is 0 Å². The van der Waals surface area contributed by atoms with Crippen LogP contribution in [0.3, 0.4) is 0 Å². The molecule has 0 aliphatic carbocycles. The Morgan fingerprint density at radius 3 is 2.75 bits per heavy atom. The van der Waals surface area contributed by atoms with Gasteiger partial charge >= 0.3 is 0 Å². The molecular weight excluding hydrogens is 178 g/mol. The van der Waals surface area contributed by atoms with E-state index in [4.69, 9.17) is 5.11 Å². The van der Waals surface area contributed by atoms with E-state index in [2.05, 4.69) is 5.32 Å². The summed E-state index contributed by atoms with van der Waals surface area (Å²) in [4.78, 5) is 0. The van der Waals surface area contributed by atoms with Crippen molar-refractivity contribution in [3.8, 4) is 0 Å². The minimum Gasteiger partial charge on any atom is -0.395 e. The van der Waals surface area contributed by atoms with Gasteiger partial charge in [0.2, 0.25) is 0 Å². The highest BCUT2D eigenvalue weighted by atomic mass is 32.2. The number of hydrogen-bond donors (Lipinski definition) is 2. The summed E-state index contributed by atoms with van der Waals surface area (Å²) in [6, 6.07) is 0.